The molecule has 0 atom stereocenters. The molecular formula is C7H5ClFNO. The molecule has 1 N–H and O–H groups in total. The molecule has 58 valence electrons. The van der Waals surface area contributed by atoms with E-state index in [-0.39, 0.29) is 23.7 Å². The van der Waals surface area contributed by atoms with Crippen LogP contribution in [0.15, 0.2) is 18.2 Å². The van der Waals surface area contributed by atoms with Crippen LogP contribution in [-0.4, -0.2) is 5.11 Å². The first-order valence-corrected chi connectivity index (χ1v) is 2.62. The molecule has 0 aliphatic rings. The van der Waals surface area contributed by atoms with Crippen LogP contribution >= 0.6 is 12.4 Å². The van der Waals surface area contributed by atoms with E-state index in [1.165, 1.54) is 6.07 Å². The molecule has 1 rings (SSSR count). The van der Waals surface area contributed by atoms with E-state index in [2.05, 4.69) is 0 Å². The second-order valence-electron chi connectivity index (χ2n) is 1.78. The zero-order valence-corrected chi connectivity index (χ0v) is 6.23. The smallest absolute Gasteiger partial charge is 0.141 e. The summed E-state index contributed by atoms with van der Waals surface area (Å²) in [6.07, 6.45) is 0. The predicted octanol–water partition coefficient (Wildman–Crippen LogP) is 1.82. The van der Waals surface area contributed by atoms with Gasteiger partial charge in [0.1, 0.15) is 17.6 Å². The number of phenolic OH excluding ortho intramolecular Hbond substituents is 1. The molecule has 0 aliphatic heterocycles. The molecule has 0 bridgehead atoms. The van der Waals surface area contributed by atoms with E-state index >= 15 is 0 Å². The fourth-order valence-electron chi connectivity index (χ4n) is 0.599. The topological polar surface area (TPSA) is 44.0 Å². The maximum absolute atomic E-state index is 12.4. The van der Waals surface area contributed by atoms with Gasteiger partial charge < -0.3 is 5.11 Å². The van der Waals surface area contributed by atoms with Crippen LogP contribution in [0.3, 0.4) is 0 Å². The number of hydrogen-bond acceptors (Lipinski definition) is 2. The Morgan fingerprint density at radius 1 is 1.45 bits per heavy atom. The van der Waals surface area contributed by atoms with Gasteiger partial charge in [0.05, 0.1) is 5.56 Å². The second-order valence-corrected chi connectivity index (χ2v) is 1.78. The van der Waals surface area contributed by atoms with Gasteiger partial charge >= 0.3 is 0 Å². The number of aromatic hydroxyl groups is 1. The molecule has 0 radical (unpaired) electrons. The molecule has 11 heavy (non-hydrogen) atoms. The highest BCUT2D eigenvalue weighted by Gasteiger charge is 1.99. The van der Waals surface area contributed by atoms with E-state index in [4.69, 9.17) is 10.4 Å². The number of benzene rings is 1. The first-order valence-electron chi connectivity index (χ1n) is 2.62. The molecule has 1 aromatic rings. The van der Waals surface area contributed by atoms with Gasteiger partial charge in [-0.2, -0.15) is 5.26 Å². The number of hydrogen-bond donors (Lipinski definition) is 1. The van der Waals surface area contributed by atoms with Crippen molar-refractivity contribution < 1.29 is 9.50 Å². The maximum Gasteiger partial charge on any atom is 0.141 e. The monoisotopic (exact) mass is 173 g/mol. The third-order valence-corrected chi connectivity index (χ3v) is 1.07. The van der Waals surface area contributed by atoms with Gasteiger partial charge in [-0.25, -0.2) is 4.39 Å². The van der Waals surface area contributed by atoms with Crippen molar-refractivity contribution in [3.63, 3.8) is 0 Å². The van der Waals surface area contributed by atoms with E-state index in [0.29, 0.717) is 0 Å². The summed E-state index contributed by atoms with van der Waals surface area (Å²) in [6.45, 7) is 0. The Bertz CT molecular complexity index is 295. The molecule has 0 fully saturated rings. The van der Waals surface area contributed by atoms with Crippen LogP contribution in [0.4, 0.5) is 4.39 Å². The van der Waals surface area contributed by atoms with Crippen molar-refractivity contribution in [2.45, 2.75) is 0 Å². The summed E-state index contributed by atoms with van der Waals surface area (Å²) in [6, 6.07) is 4.92. The Morgan fingerprint density at radius 3 is 2.55 bits per heavy atom. The Balaban J connectivity index is 0.000001000. The SMILES string of the molecule is Cl.N#Cc1cc(O)ccc1F. The van der Waals surface area contributed by atoms with E-state index in [1.807, 2.05) is 0 Å². The van der Waals surface area contributed by atoms with Crippen molar-refractivity contribution in [1.29, 1.82) is 5.26 Å². The third-order valence-electron chi connectivity index (χ3n) is 1.07. The van der Waals surface area contributed by atoms with Crippen molar-refractivity contribution in [2.24, 2.45) is 0 Å². The number of nitrogens with zero attached hydrogens (tertiary/aromatic N) is 1. The Morgan fingerprint density at radius 2 is 2.09 bits per heavy atom. The van der Waals surface area contributed by atoms with Crippen LogP contribution in [0.1, 0.15) is 5.56 Å². The van der Waals surface area contributed by atoms with E-state index in [1.54, 1.807) is 6.07 Å². The Kier molecular flexibility index (Phi) is 3.35. The van der Waals surface area contributed by atoms with Crippen LogP contribution < -0.4 is 0 Å². The molecule has 0 aliphatic carbocycles. The lowest BCUT2D eigenvalue weighted by atomic mass is 10.2. The van der Waals surface area contributed by atoms with E-state index < -0.39 is 5.82 Å². The lowest BCUT2D eigenvalue weighted by Crippen LogP contribution is -1.80. The van der Waals surface area contributed by atoms with E-state index in [0.717, 1.165) is 12.1 Å². The minimum atomic E-state index is -0.611. The average molecular weight is 174 g/mol. The van der Waals surface area contributed by atoms with Gasteiger partial charge in [0.15, 0.2) is 0 Å². The van der Waals surface area contributed by atoms with Crippen LogP contribution in [0.5, 0.6) is 5.75 Å². The van der Waals surface area contributed by atoms with Crippen molar-refractivity contribution in [3.8, 4) is 11.8 Å². The zero-order valence-electron chi connectivity index (χ0n) is 5.41. The fraction of sp³-hybridized carbons (Fsp3) is 0. The first-order chi connectivity index (χ1) is 4.74. The Hall–Kier alpha value is -1.27. The quantitative estimate of drug-likeness (QED) is 0.651. The summed E-state index contributed by atoms with van der Waals surface area (Å²) in [5, 5.41) is 17.0. The second kappa shape index (κ2) is 3.79. The molecule has 0 unspecified atom stereocenters. The maximum atomic E-state index is 12.4. The van der Waals surface area contributed by atoms with Gasteiger partial charge in [-0.15, -0.1) is 12.4 Å². The van der Waals surface area contributed by atoms with Gasteiger partial charge in [-0.1, -0.05) is 0 Å². The molecule has 4 heteroatoms. The molecule has 0 saturated carbocycles. The minimum Gasteiger partial charge on any atom is -0.508 e. The van der Waals surface area contributed by atoms with Gasteiger partial charge in [0, 0.05) is 6.07 Å². The third kappa shape index (κ3) is 2.10. The van der Waals surface area contributed by atoms with Crippen molar-refractivity contribution >= 4 is 12.4 Å². The minimum absolute atomic E-state index is 0. The van der Waals surface area contributed by atoms with Crippen LogP contribution in [-0.2, 0) is 0 Å². The summed E-state index contributed by atoms with van der Waals surface area (Å²) in [4.78, 5) is 0. The summed E-state index contributed by atoms with van der Waals surface area (Å²) >= 11 is 0. The van der Waals surface area contributed by atoms with Crippen molar-refractivity contribution in [2.75, 3.05) is 0 Å². The molecule has 1 aromatic carbocycles. The van der Waals surface area contributed by atoms with Gasteiger partial charge in [0.2, 0.25) is 0 Å². The van der Waals surface area contributed by atoms with Gasteiger partial charge in [-0.3, -0.25) is 0 Å². The number of rotatable bonds is 0. The molecule has 0 amide bonds. The summed E-state index contributed by atoms with van der Waals surface area (Å²) in [5.41, 5.74) is -0.139. The molecular weight excluding hydrogens is 169 g/mol. The summed E-state index contributed by atoms with van der Waals surface area (Å²) in [5.74, 6) is -0.710. The summed E-state index contributed by atoms with van der Waals surface area (Å²) < 4.78 is 12.4. The highest BCUT2D eigenvalue weighted by Crippen LogP contribution is 2.13. The molecule has 0 spiro atoms. The molecule has 2 nitrogen and oxygen atoms in total. The van der Waals surface area contributed by atoms with E-state index in [9.17, 15) is 4.39 Å². The highest BCUT2D eigenvalue weighted by atomic mass is 35.5. The highest BCUT2D eigenvalue weighted by molar-refractivity contribution is 5.85. The number of halogens is 2. The molecule has 0 saturated heterocycles. The van der Waals surface area contributed by atoms with Crippen LogP contribution in [0.25, 0.3) is 0 Å². The first kappa shape index (κ1) is 9.73. The largest absolute Gasteiger partial charge is 0.508 e. The summed E-state index contributed by atoms with van der Waals surface area (Å²) in [7, 11) is 0. The van der Waals surface area contributed by atoms with Gasteiger partial charge in [-0.05, 0) is 12.1 Å². The Labute approximate surface area is 69.3 Å². The van der Waals surface area contributed by atoms with Crippen LogP contribution in [0, 0.1) is 17.1 Å². The lowest BCUT2D eigenvalue weighted by molar-refractivity contribution is 0.472. The standard InChI is InChI=1S/C7H4FNO.ClH/c8-7-2-1-6(10)3-5(7)4-9;/h1-3,10H;1H. The zero-order chi connectivity index (χ0) is 7.56. The molecule has 0 heterocycles. The number of phenols is 1. The van der Waals surface area contributed by atoms with Gasteiger partial charge in [0.25, 0.3) is 0 Å². The normalized spacial score (nSPS) is 8.00. The number of nitriles is 1. The van der Waals surface area contributed by atoms with Crippen molar-refractivity contribution in [1.82, 2.24) is 0 Å². The van der Waals surface area contributed by atoms with Crippen LogP contribution in [0.2, 0.25) is 0 Å². The fourth-order valence-corrected chi connectivity index (χ4v) is 0.599. The van der Waals surface area contributed by atoms with Crippen molar-refractivity contribution in [3.05, 3.63) is 29.6 Å². The molecule has 0 aromatic heterocycles. The average Bonchev–Trinajstić information content (AvgIpc) is 1.94. The lowest BCUT2D eigenvalue weighted by Gasteiger charge is -1.92. The predicted molar refractivity (Wildman–Crippen MR) is 40.0 cm³/mol.